The number of pyridine rings is 1. The van der Waals surface area contributed by atoms with Crippen LogP contribution in [0.5, 0.6) is 5.88 Å². The van der Waals surface area contributed by atoms with Crippen molar-refractivity contribution in [1.82, 2.24) is 15.0 Å². The highest BCUT2D eigenvalue weighted by atomic mass is 19.4. The molecule has 3 aromatic rings. The van der Waals surface area contributed by atoms with Gasteiger partial charge in [0, 0.05) is 37.1 Å². The van der Waals surface area contributed by atoms with Gasteiger partial charge in [-0.1, -0.05) is 12.6 Å². The number of nitrogens with zero attached hydrogens (tertiary/aromatic N) is 4. The molecule has 3 heterocycles. The Labute approximate surface area is 210 Å². The van der Waals surface area contributed by atoms with Gasteiger partial charge in [-0.05, 0) is 30.7 Å². The van der Waals surface area contributed by atoms with Crippen molar-refractivity contribution in [2.45, 2.75) is 19.2 Å². The Morgan fingerprint density at radius 2 is 1.95 bits per heavy atom. The van der Waals surface area contributed by atoms with Gasteiger partial charge in [0.1, 0.15) is 17.2 Å². The predicted molar refractivity (Wildman–Crippen MR) is 133 cm³/mol. The fourth-order valence-corrected chi connectivity index (χ4v) is 3.53. The molecule has 10 nitrogen and oxygen atoms in total. The Balaban J connectivity index is 1.68. The summed E-state index contributed by atoms with van der Waals surface area (Å²) in [5.74, 6) is -0.391. The number of ether oxygens (including phenoxy) is 1. The molecule has 1 aliphatic rings. The molecule has 1 saturated heterocycles. The van der Waals surface area contributed by atoms with Crippen LogP contribution in [-0.2, 0) is 11.0 Å². The van der Waals surface area contributed by atoms with Crippen molar-refractivity contribution >= 4 is 40.6 Å². The van der Waals surface area contributed by atoms with E-state index in [1.54, 1.807) is 25.1 Å². The summed E-state index contributed by atoms with van der Waals surface area (Å²) in [4.78, 5) is 25.9. The number of methoxy groups -OCH3 is 1. The van der Waals surface area contributed by atoms with Crippen molar-refractivity contribution in [3.8, 4) is 5.88 Å². The Hall–Kier alpha value is -4.39. The average molecular weight is 515 g/mol. The highest BCUT2D eigenvalue weighted by molar-refractivity contribution is 6.01. The number of anilines is 6. The van der Waals surface area contributed by atoms with E-state index in [-0.39, 0.29) is 23.2 Å². The third kappa shape index (κ3) is 6.06. The van der Waals surface area contributed by atoms with Crippen molar-refractivity contribution in [3.63, 3.8) is 0 Å². The summed E-state index contributed by atoms with van der Waals surface area (Å²) in [7, 11) is 1.43. The molecular weight excluding hydrogens is 491 g/mol. The minimum atomic E-state index is -4.75. The average Bonchev–Trinajstić information content (AvgIpc) is 2.82. The van der Waals surface area contributed by atoms with Crippen molar-refractivity contribution < 1.29 is 27.8 Å². The number of halogens is 3. The third-order valence-corrected chi connectivity index (χ3v) is 5.41. The van der Waals surface area contributed by atoms with Crippen molar-refractivity contribution in [3.05, 3.63) is 60.3 Å². The number of aromatic nitrogens is 3. The molecule has 1 fully saturated rings. The van der Waals surface area contributed by atoms with E-state index in [1.165, 1.54) is 19.2 Å². The van der Waals surface area contributed by atoms with Gasteiger partial charge in [0.25, 0.3) is 0 Å². The molecule has 1 aliphatic heterocycles. The molecule has 0 bridgehead atoms. The van der Waals surface area contributed by atoms with Crippen LogP contribution >= 0.6 is 0 Å². The largest absolute Gasteiger partial charge is 0.481 e. The number of nitrogens with one attached hydrogen (secondary N) is 3. The molecule has 4 rings (SSSR count). The van der Waals surface area contributed by atoms with Gasteiger partial charge in [-0.15, -0.1) is 0 Å². The van der Waals surface area contributed by atoms with Gasteiger partial charge >= 0.3 is 6.18 Å². The van der Waals surface area contributed by atoms with E-state index in [4.69, 9.17) is 4.74 Å². The number of hydrogen-bond donors (Lipinski definition) is 4. The number of benzene rings is 1. The van der Waals surface area contributed by atoms with Crippen LogP contribution in [0.15, 0.2) is 49.2 Å². The zero-order valence-corrected chi connectivity index (χ0v) is 19.9. The first-order valence-electron chi connectivity index (χ1n) is 11.1. The molecule has 13 heteroatoms. The molecule has 0 unspecified atom stereocenters. The second-order valence-electron chi connectivity index (χ2n) is 8.26. The smallest absolute Gasteiger partial charge is 0.421 e. The summed E-state index contributed by atoms with van der Waals surface area (Å²) in [6, 6.07) is 8.00. The lowest BCUT2D eigenvalue weighted by molar-refractivity contribution is -0.137. The SMILES string of the molecule is C=CC(=O)Nc1cc(C)ccc1Nc1nc(Nc2cc(OC)nc(N3CC(O)C3)c2)ncc1C(F)(F)F. The number of rotatable bonds is 8. The van der Waals surface area contributed by atoms with E-state index in [1.807, 2.05) is 4.90 Å². The van der Waals surface area contributed by atoms with Crippen LogP contribution in [0.25, 0.3) is 0 Å². The second kappa shape index (κ2) is 10.3. The Morgan fingerprint density at radius 1 is 1.19 bits per heavy atom. The van der Waals surface area contributed by atoms with Crippen LogP contribution in [0.1, 0.15) is 11.1 Å². The Bertz CT molecular complexity index is 1330. The molecule has 194 valence electrons. The van der Waals surface area contributed by atoms with Gasteiger partial charge in [-0.25, -0.2) is 4.98 Å². The summed E-state index contributed by atoms with van der Waals surface area (Å²) < 4.78 is 46.6. The van der Waals surface area contributed by atoms with Gasteiger partial charge in [0.15, 0.2) is 0 Å². The molecule has 4 N–H and O–H groups in total. The summed E-state index contributed by atoms with van der Waals surface area (Å²) in [5, 5.41) is 17.7. The van der Waals surface area contributed by atoms with Crippen LogP contribution in [0.2, 0.25) is 0 Å². The first-order valence-corrected chi connectivity index (χ1v) is 11.1. The molecule has 0 spiro atoms. The fraction of sp³-hybridized carbons (Fsp3) is 0.250. The quantitative estimate of drug-likeness (QED) is 0.330. The lowest BCUT2D eigenvalue weighted by Crippen LogP contribution is -2.51. The molecular formula is C24H24F3N7O3. The number of β-amino-alcohol motifs (C(OH)–C–C–N with tert-alkyl or cyclic N) is 1. The van der Waals surface area contributed by atoms with E-state index in [0.717, 1.165) is 11.6 Å². The van der Waals surface area contributed by atoms with Gasteiger partial charge in [0.05, 0.1) is 24.6 Å². The molecule has 0 saturated carbocycles. The number of amides is 1. The number of aliphatic hydroxyl groups is 1. The van der Waals surface area contributed by atoms with Gasteiger partial charge in [-0.2, -0.15) is 23.1 Å². The van der Waals surface area contributed by atoms with E-state index in [2.05, 4.69) is 37.5 Å². The maximum absolute atomic E-state index is 13.8. The molecule has 2 aromatic heterocycles. The number of hydrogen-bond acceptors (Lipinski definition) is 9. The lowest BCUT2D eigenvalue weighted by atomic mass is 10.1. The predicted octanol–water partition coefficient (Wildman–Crippen LogP) is 4.00. The van der Waals surface area contributed by atoms with Crippen LogP contribution in [0.3, 0.4) is 0 Å². The van der Waals surface area contributed by atoms with Crippen LogP contribution in [0, 0.1) is 6.92 Å². The minimum absolute atomic E-state index is 0.123. The first kappa shape index (κ1) is 25.7. The fourth-order valence-electron chi connectivity index (χ4n) is 3.53. The molecule has 0 atom stereocenters. The van der Waals surface area contributed by atoms with E-state index in [9.17, 15) is 23.1 Å². The summed E-state index contributed by atoms with van der Waals surface area (Å²) in [6.07, 6.45) is -3.49. The normalized spacial score (nSPS) is 13.5. The standard InChI is InChI=1S/C24H24F3N7O3/c1-4-20(36)30-18-7-13(2)5-6-17(18)31-22-16(24(25,26)27)10-28-23(33-22)29-14-8-19(32-21(9-14)37-3)34-11-15(35)12-34/h4-10,15,35H,1,11-12H2,2-3H3,(H,30,36)(H2,28,29,31,32,33). The van der Waals surface area contributed by atoms with E-state index >= 15 is 0 Å². The van der Waals surface area contributed by atoms with Crippen LogP contribution in [0.4, 0.5) is 47.8 Å². The number of carbonyl (C=O) groups is 1. The zero-order valence-electron chi connectivity index (χ0n) is 19.9. The van der Waals surface area contributed by atoms with Gasteiger partial charge in [-0.3, -0.25) is 4.79 Å². The molecule has 37 heavy (non-hydrogen) atoms. The summed E-state index contributed by atoms with van der Waals surface area (Å²) >= 11 is 0. The minimum Gasteiger partial charge on any atom is -0.481 e. The van der Waals surface area contributed by atoms with Crippen molar-refractivity contribution in [2.75, 3.05) is 41.0 Å². The zero-order chi connectivity index (χ0) is 26.7. The van der Waals surface area contributed by atoms with E-state index in [0.29, 0.717) is 30.8 Å². The maximum Gasteiger partial charge on any atom is 0.421 e. The van der Waals surface area contributed by atoms with Crippen molar-refractivity contribution in [1.29, 1.82) is 0 Å². The van der Waals surface area contributed by atoms with Gasteiger partial charge in [0.2, 0.25) is 17.7 Å². The molecule has 1 amide bonds. The second-order valence-corrected chi connectivity index (χ2v) is 8.26. The highest BCUT2D eigenvalue weighted by Crippen LogP contribution is 2.37. The Morgan fingerprint density at radius 3 is 2.59 bits per heavy atom. The van der Waals surface area contributed by atoms with E-state index < -0.39 is 29.6 Å². The molecule has 0 aliphatic carbocycles. The summed E-state index contributed by atoms with van der Waals surface area (Å²) in [6.45, 7) is 5.96. The number of carbonyl (C=O) groups excluding carboxylic acids is 1. The Kier molecular flexibility index (Phi) is 7.16. The number of aryl methyl sites for hydroxylation is 1. The van der Waals surface area contributed by atoms with Crippen molar-refractivity contribution in [2.24, 2.45) is 0 Å². The molecule has 1 aromatic carbocycles. The first-order chi connectivity index (χ1) is 17.5. The lowest BCUT2D eigenvalue weighted by Gasteiger charge is -2.37. The number of aliphatic hydroxyl groups excluding tert-OH is 1. The topological polar surface area (TPSA) is 125 Å². The van der Waals surface area contributed by atoms with Crippen LogP contribution in [-0.4, -0.2) is 52.3 Å². The number of alkyl halides is 3. The summed E-state index contributed by atoms with van der Waals surface area (Å²) in [5.41, 5.74) is 0.556. The van der Waals surface area contributed by atoms with Gasteiger partial charge < -0.3 is 30.7 Å². The van der Waals surface area contributed by atoms with Crippen LogP contribution < -0.4 is 25.6 Å². The highest BCUT2D eigenvalue weighted by Gasteiger charge is 2.35. The monoisotopic (exact) mass is 515 g/mol. The maximum atomic E-state index is 13.8. The third-order valence-electron chi connectivity index (χ3n) is 5.41. The molecule has 0 radical (unpaired) electrons.